The SMILES string of the molecule is CCN(C1=CC=CC(C)C1(C)C(=O)O)[C@H]1CC[C@H](NC(=O)OC(C)(C)C)CC1. The van der Waals surface area contributed by atoms with E-state index in [0.717, 1.165) is 37.9 Å². The van der Waals surface area contributed by atoms with Crippen LogP contribution in [-0.4, -0.2) is 46.3 Å². The number of carboxylic acid groups (broad SMARTS) is 1. The van der Waals surface area contributed by atoms with Crippen molar-refractivity contribution in [3.63, 3.8) is 0 Å². The Morgan fingerprint density at radius 2 is 1.89 bits per heavy atom. The summed E-state index contributed by atoms with van der Waals surface area (Å²) in [5, 5.41) is 12.9. The highest BCUT2D eigenvalue weighted by molar-refractivity contribution is 5.79. The Hall–Kier alpha value is -1.98. The van der Waals surface area contributed by atoms with E-state index in [2.05, 4.69) is 17.1 Å². The highest BCUT2D eigenvalue weighted by atomic mass is 16.6. The summed E-state index contributed by atoms with van der Waals surface area (Å²) in [5.74, 6) is -0.849. The highest BCUT2D eigenvalue weighted by Crippen LogP contribution is 2.43. The van der Waals surface area contributed by atoms with Gasteiger partial charge in [-0.25, -0.2) is 4.79 Å². The van der Waals surface area contributed by atoms with Crippen LogP contribution in [0.2, 0.25) is 0 Å². The summed E-state index contributed by atoms with van der Waals surface area (Å²) in [5.41, 5.74) is -0.531. The van der Waals surface area contributed by atoms with E-state index >= 15 is 0 Å². The lowest BCUT2D eigenvalue weighted by Gasteiger charge is -2.46. The number of carbonyl (C=O) groups excluding carboxylic acids is 1. The van der Waals surface area contributed by atoms with E-state index in [-0.39, 0.29) is 24.1 Å². The van der Waals surface area contributed by atoms with Crippen LogP contribution < -0.4 is 5.32 Å². The van der Waals surface area contributed by atoms with Gasteiger partial charge in [0, 0.05) is 24.3 Å². The molecule has 0 aromatic heterocycles. The number of alkyl carbamates (subject to hydrolysis) is 1. The Balaban J connectivity index is 2.04. The van der Waals surface area contributed by atoms with E-state index < -0.39 is 17.0 Å². The molecule has 0 radical (unpaired) electrons. The smallest absolute Gasteiger partial charge is 0.407 e. The molecule has 2 atom stereocenters. The number of hydrogen-bond donors (Lipinski definition) is 2. The van der Waals surface area contributed by atoms with Gasteiger partial charge in [-0.1, -0.05) is 19.1 Å². The van der Waals surface area contributed by atoms with Crippen LogP contribution in [0, 0.1) is 11.3 Å². The zero-order valence-electron chi connectivity index (χ0n) is 18.1. The summed E-state index contributed by atoms with van der Waals surface area (Å²) in [6.45, 7) is 12.2. The van der Waals surface area contributed by atoms with Crippen molar-refractivity contribution in [2.75, 3.05) is 6.54 Å². The predicted octanol–water partition coefficient (Wildman–Crippen LogP) is 4.32. The fourth-order valence-corrected chi connectivity index (χ4v) is 4.24. The monoisotopic (exact) mass is 392 g/mol. The second-order valence-electron chi connectivity index (χ2n) is 9.17. The molecule has 0 bridgehead atoms. The number of carbonyl (C=O) groups is 2. The van der Waals surface area contributed by atoms with Gasteiger partial charge in [0.2, 0.25) is 0 Å². The molecule has 28 heavy (non-hydrogen) atoms. The largest absolute Gasteiger partial charge is 0.481 e. The molecular formula is C22H36N2O4. The first kappa shape index (κ1) is 22.3. The molecule has 2 rings (SSSR count). The van der Waals surface area contributed by atoms with Crippen LogP contribution in [0.5, 0.6) is 0 Å². The van der Waals surface area contributed by atoms with Gasteiger partial charge in [0.05, 0.1) is 0 Å². The Labute approximate surface area is 169 Å². The first-order valence-electron chi connectivity index (χ1n) is 10.4. The number of nitrogens with zero attached hydrogens (tertiary/aromatic N) is 1. The third-order valence-corrected chi connectivity index (χ3v) is 6.05. The summed E-state index contributed by atoms with van der Waals surface area (Å²) < 4.78 is 5.35. The van der Waals surface area contributed by atoms with Crippen LogP contribution in [0.3, 0.4) is 0 Å². The maximum absolute atomic E-state index is 12.1. The van der Waals surface area contributed by atoms with Crippen molar-refractivity contribution in [2.45, 2.75) is 84.9 Å². The molecular weight excluding hydrogens is 356 g/mol. The van der Waals surface area contributed by atoms with Crippen molar-refractivity contribution < 1.29 is 19.4 Å². The molecule has 2 N–H and O–H groups in total. The minimum atomic E-state index is -0.920. The van der Waals surface area contributed by atoms with E-state index in [1.807, 2.05) is 52.8 Å². The fourth-order valence-electron chi connectivity index (χ4n) is 4.24. The molecule has 0 heterocycles. The Kier molecular flexibility index (Phi) is 6.84. The molecule has 0 aliphatic heterocycles. The molecule has 0 saturated heterocycles. The van der Waals surface area contributed by atoms with Crippen LogP contribution in [0.1, 0.15) is 67.2 Å². The van der Waals surface area contributed by atoms with E-state index in [1.165, 1.54) is 0 Å². The molecule has 1 amide bonds. The lowest BCUT2D eigenvalue weighted by Crippen LogP contribution is -2.49. The summed E-state index contributed by atoms with van der Waals surface area (Å²) in [6, 6.07) is 0.389. The highest BCUT2D eigenvalue weighted by Gasteiger charge is 2.46. The van der Waals surface area contributed by atoms with Gasteiger partial charge in [-0.15, -0.1) is 0 Å². The average Bonchev–Trinajstić information content (AvgIpc) is 2.58. The summed E-state index contributed by atoms with van der Waals surface area (Å²) in [4.78, 5) is 26.4. The first-order valence-corrected chi connectivity index (χ1v) is 10.4. The van der Waals surface area contributed by atoms with Gasteiger partial charge in [-0.05, 0) is 72.3 Å². The normalized spacial score (nSPS) is 30.4. The number of allylic oxidation sites excluding steroid dienone is 3. The number of nitrogens with one attached hydrogen (secondary N) is 1. The lowest BCUT2D eigenvalue weighted by atomic mass is 9.71. The molecule has 2 unspecified atom stereocenters. The van der Waals surface area contributed by atoms with Crippen molar-refractivity contribution >= 4 is 12.1 Å². The van der Waals surface area contributed by atoms with Crippen molar-refractivity contribution in [3.05, 3.63) is 23.9 Å². The van der Waals surface area contributed by atoms with Crippen molar-refractivity contribution in [2.24, 2.45) is 11.3 Å². The van der Waals surface area contributed by atoms with E-state index in [4.69, 9.17) is 4.74 Å². The molecule has 2 aliphatic rings. The molecule has 0 aromatic rings. The number of ether oxygens (including phenoxy) is 1. The number of carboxylic acids is 1. The summed E-state index contributed by atoms with van der Waals surface area (Å²) in [7, 11) is 0. The molecule has 2 aliphatic carbocycles. The number of amides is 1. The lowest BCUT2D eigenvalue weighted by molar-refractivity contribution is -0.149. The van der Waals surface area contributed by atoms with Crippen molar-refractivity contribution in [1.82, 2.24) is 10.2 Å². The summed E-state index contributed by atoms with van der Waals surface area (Å²) in [6.07, 6.45) is 9.10. The maximum Gasteiger partial charge on any atom is 0.407 e. The van der Waals surface area contributed by atoms with E-state index in [9.17, 15) is 14.7 Å². The van der Waals surface area contributed by atoms with Gasteiger partial charge in [-0.2, -0.15) is 0 Å². The van der Waals surface area contributed by atoms with Gasteiger partial charge >= 0.3 is 12.1 Å². The van der Waals surface area contributed by atoms with Crippen LogP contribution >= 0.6 is 0 Å². The Morgan fingerprint density at radius 3 is 2.39 bits per heavy atom. The van der Waals surface area contributed by atoms with Crippen molar-refractivity contribution in [1.29, 1.82) is 0 Å². The van der Waals surface area contributed by atoms with Gasteiger partial charge in [-0.3, -0.25) is 4.79 Å². The van der Waals surface area contributed by atoms with Gasteiger partial charge in [0.15, 0.2) is 0 Å². The van der Waals surface area contributed by atoms with E-state index in [1.54, 1.807) is 0 Å². The van der Waals surface area contributed by atoms with Gasteiger partial charge in [0.25, 0.3) is 0 Å². The topological polar surface area (TPSA) is 78.9 Å². The van der Waals surface area contributed by atoms with Crippen LogP contribution in [0.25, 0.3) is 0 Å². The quantitative estimate of drug-likeness (QED) is 0.728. The predicted molar refractivity (Wildman–Crippen MR) is 110 cm³/mol. The second-order valence-corrected chi connectivity index (χ2v) is 9.17. The second kappa shape index (κ2) is 8.58. The molecule has 6 nitrogen and oxygen atoms in total. The molecule has 6 heteroatoms. The number of rotatable bonds is 5. The minimum Gasteiger partial charge on any atom is -0.481 e. The number of hydrogen-bond acceptors (Lipinski definition) is 4. The number of aliphatic carboxylic acids is 1. The van der Waals surface area contributed by atoms with Crippen LogP contribution in [0.4, 0.5) is 4.79 Å². The maximum atomic E-state index is 12.1. The third-order valence-electron chi connectivity index (χ3n) is 6.05. The fraction of sp³-hybridized carbons (Fsp3) is 0.727. The minimum absolute atomic E-state index is 0.0655. The molecule has 0 aromatic carbocycles. The van der Waals surface area contributed by atoms with E-state index in [0.29, 0.717) is 0 Å². The molecule has 1 fully saturated rings. The van der Waals surface area contributed by atoms with Crippen molar-refractivity contribution in [3.8, 4) is 0 Å². The van der Waals surface area contributed by atoms with Crippen LogP contribution in [0.15, 0.2) is 23.9 Å². The standard InChI is InChI=1S/C22H36N2O4/c1-7-24(18-10-8-9-15(2)22(18,6)19(25)26)17-13-11-16(12-14-17)23-20(27)28-21(3,4)5/h8-10,15-17H,7,11-14H2,1-6H3,(H,23,27)(H,25,26)/t15?,16-,17-,22?. The van der Waals surface area contributed by atoms with Gasteiger partial charge < -0.3 is 20.1 Å². The summed E-state index contributed by atoms with van der Waals surface area (Å²) >= 11 is 0. The molecule has 158 valence electrons. The molecule has 1 saturated carbocycles. The zero-order chi connectivity index (χ0) is 21.1. The molecule has 0 spiro atoms. The van der Waals surface area contributed by atoms with Gasteiger partial charge in [0.1, 0.15) is 11.0 Å². The third kappa shape index (κ3) is 4.89. The Bertz CT molecular complexity index is 641. The average molecular weight is 393 g/mol. The zero-order valence-corrected chi connectivity index (χ0v) is 18.1. The Morgan fingerprint density at radius 1 is 1.29 bits per heavy atom. The first-order chi connectivity index (χ1) is 13.0. The van der Waals surface area contributed by atoms with Crippen LogP contribution in [-0.2, 0) is 9.53 Å².